The van der Waals surface area contributed by atoms with Gasteiger partial charge in [0, 0.05) is 30.4 Å². The van der Waals surface area contributed by atoms with Crippen molar-refractivity contribution in [1.29, 1.82) is 0 Å². The maximum atomic E-state index is 15.5. The number of sulfone groups is 1. The lowest BCUT2D eigenvalue weighted by molar-refractivity contribution is 0.476. The molecule has 1 aliphatic heterocycles. The van der Waals surface area contributed by atoms with E-state index < -0.39 is 26.0 Å². The molecule has 5 rings (SSSR count). The Morgan fingerprint density at radius 1 is 1.03 bits per heavy atom. The molecule has 0 amide bonds. The molecule has 1 atom stereocenters. The van der Waals surface area contributed by atoms with Crippen molar-refractivity contribution in [1.82, 2.24) is 4.57 Å². The maximum Gasteiger partial charge on any atom is 0.211 e. The van der Waals surface area contributed by atoms with E-state index in [0.29, 0.717) is 17.7 Å². The Balaban J connectivity index is 1.76. The smallest absolute Gasteiger partial charge is 0.211 e. The van der Waals surface area contributed by atoms with Gasteiger partial charge >= 0.3 is 0 Å². The van der Waals surface area contributed by atoms with Crippen molar-refractivity contribution in [2.45, 2.75) is 48.6 Å². The van der Waals surface area contributed by atoms with Crippen LogP contribution in [0.2, 0.25) is 5.02 Å². The molecular weight excluding hydrogens is 499 g/mol. The fourth-order valence-electron chi connectivity index (χ4n) is 4.91. The fraction of sp³-hybridized carbons (Fsp3) is 0.250. The zero-order valence-electron chi connectivity index (χ0n) is 19.8. The highest BCUT2D eigenvalue weighted by atomic mass is 35.5. The van der Waals surface area contributed by atoms with Crippen LogP contribution in [0.15, 0.2) is 87.5 Å². The first-order chi connectivity index (χ1) is 17.3. The summed E-state index contributed by atoms with van der Waals surface area (Å²) in [5.41, 5.74) is 1.11. The number of benzene rings is 3. The van der Waals surface area contributed by atoms with Gasteiger partial charge in [0.2, 0.25) is 15.3 Å². The third-order valence-corrected chi connectivity index (χ3v) is 8.80. The van der Waals surface area contributed by atoms with Crippen LogP contribution in [0.3, 0.4) is 0 Å². The predicted molar refractivity (Wildman–Crippen MR) is 141 cm³/mol. The van der Waals surface area contributed by atoms with Crippen LogP contribution >= 0.6 is 11.6 Å². The zero-order valence-corrected chi connectivity index (χ0v) is 21.4. The van der Waals surface area contributed by atoms with Gasteiger partial charge in [-0.2, -0.15) is 0 Å². The lowest BCUT2D eigenvalue weighted by Crippen LogP contribution is -2.38. The highest BCUT2D eigenvalue weighted by molar-refractivity contribution is 7.91. The van der Waals surface area contributed by atoms with Gasteiger partial charge in [-0.05, 0) is 62.1 Å². The van der Waals surface area contributed by atoms with Crippen molar-refractivity contribution in [2.75, 3.05) is 11.4 Å². The molecule has 186 valence electrons. The number of nitrogens with zero attached hydrogens (tertiary/aromatic N) is 2. The van der Waals surface area contributed by atoms with Crippen molar-refractivity contribution >= 4 is 38.0 Å². The SMILES string of the molecule is CC1CCCCN1c1cc2c(cc1F)c(=O)c(S(=O)(=O)c1cccc(Cl)c1)cn2Cc1ccccc1. The minimum atomic E-state index is -4.20. The first-order valence-corrected chi connectivity index (χ1v) is 13.8. The molecule has 0 bridgehead atoms. The van der Waals surface area contributed by atoms with E-state index in [2.05, 4.69) is 6.92 Å². The molecule has 1 aromatic heterocycles. The molecule has 0 aliphatic carbocycles. The largest absolute Gasteiger partial charge is 0.366 e. The molecule has 8 heteroatoms. The zero-order chi connectivity index (χ0) is 25.4. The van der Waals surface area contributed by atoms with Crippen LogP contribution < -0.4 is 10.3 Å². The van der Waals surface area contributed by atoms with Crippen molar-refractivity contribution in [3.63, 3.8) is 0 Å². The molecule has 4 aromatic rings. The van der Waals surface area contributed by atoms with Crippen LogP contribution in [-0.2, 0) is 16.4 Å². The monoisotopic (exact) mass is 524 g/mol. The summed E-state index contributed by atoms with van der Waals surface area (Å²) >= 11 is 6.03. The molecule has 3 aromatic carbocycles. The number of hydrogen-bond acceptors (Lipinski definition) is 4. The van der Waals surface area contributed by atoms with Crippen molar-refractivity contribution in [3.05, 3.63) is 99.6 Å². The summed E-state index contributed by atoms with van der Waals surface area (Å²) in [5, 5.41) is 0.271. The molecule has 0 spiro atoms. The average molecular weight is 525 g/mol. The molecule has 5 nitrogen and oxygen atoms in total. The lowest BCUT2D eigenvalue weighted by Gasteiger charge is -2.35. The van der Waals surface area contributed by atoms with Crippen molar-refractivity contribution < 1.29 is 12.8 Å². The first kappa shape index (κ1) is 24.5. The number of rotatable bonds is 5. The standard InChI is InChI=1S/C28H26ClFN2O3S/c1-19-8-5-6-13-32(19)26-16-25-23(15-24(26)30)28(33)27(18-31(25)17-20-9-3-2-4-10-20)36(34,35)22-12-7-11-21(29)14-22/h2-4,7,9-12,14-16,18-19H,5-6,8,13,17H2,1H3. The van der Waals surface area contributed by atoms with Gasteiger partial charge in [0.25, 0.3) is 0 Å². The third kappa shape index (κ3) is 4.53. The number of fused-ring (bicyclic) bond motifs is 1. The van der Waals surface area contributed by atoms with Gasteiger partial charge in [-0.25, -0.2) is 12.8 Å². The third-order valence-electron chi connectivity index (χ3n) is 6.82. The summed E-state index contributed by atoms with van der Waals surface area (Å²) in [6.45, 7) is 3.12. The highest BCUT2D eigenvalue weighted by Crippen LogP contribution is 2.31. The van der Waals surface area contributed by atoms with Gasteiger partial charge in [0.05, 0.1) is 21.5 Å². The number of halogens is 2. The van der Waals surface area contributed by atoms with Gasteiger partial charge in [0.15, 0.2) is 0 Å². The average Bonchev–Trinajstić information content (AvgIpc) is 2.86. The molecular formula is C28H26ClFN2O3S. The Morgan fingerprint density at radius 3 is 2.53 bits per heavy atom. The molecule has 1 aliphatic rings. The van der Waals surface area contributed by atoms with E-state index in [0.717, 1.165) is 31.4 Å². The maximum absolute atomic E-state index is 15.5. The van der Waals surface area contributed by atoms with Crippen LogP contribution in [0, 0.1) is 5.82 Å². The van der Waals surface area contributed by atoms with Gasteiger partial charge < -0.3 is 9.47 Å². The Kier molecular flexibility index (Phi) is 6.62. The number of aromatic nitrogens is 1. The summed E-state index contributed by atoms with van der Waals surface area (Å²) < 4.78 is 44.2. The number of piperidine rings is 1. The topological polar surface area (TPSA) is 59.4 Å². The van der Waals surface area contributed by atoms with E-state index >= 15 is 4.39 Å². The summed E-state index contributed by atoms with van der Waals surface area (Å²) in [5.74, 6) is -0.531. The summed E-state index contributed by atoms with van der Waals surface area (Å²) in [7, 11) is -4.20. The Hall–Kier alpha value is -3.16. The van der Waals surface area contributed by atoms with E-state index in [4.69, 9.17) is 11.6 Å². The molecule has 1 saturated heterocycles. The van der Waals surface area contributed by atoms with E-state index in [1.165, 1.54) is 30.5 Å². The minimum absolute atomic E-state index is 0.0277. The van der Waals surface area contributed by atoms with Gasteiger partial charge in [0.1, 0.15) is 10.7 Å². The van der Waals surface area contributed by atoms with E-state index in [1.54, 1.807) is 16.7 Å². The Bertz CT molecular complexity index is 1600. The minimum Gasteiger partial charge on any atom is -0.366 e. The molecule has 0 radical (unpaired) electrons. The van der Waals surface area contributed by atoms with E-state index in [1.807, 2.05) is 35.2 Å². The molecule has 0 saturated carbocycles. The van der Waals surface area contributed by atoms with Crippen molar-refractivity contribution in [2.24, 2.45) is 0 Å². The van der Waals surface area contributed by atoms with Crippen LogP contribution in [0.25, 0.3) is 10.9 Å². The molecule has 1 fully saturated rings. The first-order valence-electron chi connectivity index (χ1n) is 11.9. The van der Waals surface area contributed by atoms with E-state index in [9.17, 15) is 13.2 Å². The van der Waals surface area contributed by atoms with Crippen LogP contribution in [0.1, 0.15) is 31.7 Å². The van der Waals surface area contributed by atoms with Gasteiger partial charge in [-0.3, -0.25) is 4.79 Å². The van der Waals surface area contributed by atoms with Crippen LogP contribution in [0.5, 0.6) is 0 Å². The quantitative estimate of drug-likeness (QED) is 0.319. The number of anilines is 1. The highest BCUT2D eigenvalue weighted by Gasteiger charge is 2.27. The second-order valence-electron chi connectivity index (χ2n) is 9.26. The molecule has 36 heavy (non-hydrogen) atoms. The van der Waals surface area contributed by atoms with Crippen LogP contribution in [0.4, 0.5) is 10.1 Å². The fourth-order valence-corrected chi connectivity index (χ4v) is 6.58. The molecule has 0 N–H and O–H groups in total. The summed E-state index contributed by atoms with van der Waals surface area (Å²) in [4.78, 5) is 15.1. The Labute approximate surface area is 214 Å². The number of pyridine rings is 1. The summed E-state index contributed by atoms with van der Waals surface area (Å²) in [6, 6.07) is 18.4. The second kappa shape index (κ2) is 9.71. The van der Waals surface area contributed by atoms with Crippen LogP contribution in [-0.4, -0.2) is 25.6 Å². The number of hydrogen-bond donors (Lipinski definition) is 0. The molecule has 1 unspecified atom stereocenters. The normalized spacial score (nSPS) is 16.4. The molecule has 2 heterocycles. The van der Waals surface area contributed by atoms with Gasteiger partial charge in [-0.15, -0.1) is 0 Å². The lowest BCUT2D eigenvalue weighted by atomic mass is 10.0. The van der Waals surface area contributed by atoms with E-state index in [-0.39, 0.29) is 21.3 Å². The summed E-state index contributed by atoms with van der Waals surface area (Å²) in [6.07, 6.45) is 4.39. The predicted octanol–water partition coefficient (Wildman–Crippen LogP) is 6.05. The second-order valence-corrected chi connectivity index (χ2v) is 11.6. The Morgan fingerprint density at radius 2 is 1.81 bits per heavy atom. The van der Waals surface area contributed by atoms with Gasteiger partial charge in [-0.1, -0.05) is 48.0 Å². The van der Waals surface area contributed by atoms with Crippen molar-refractivity contribution in [3.8, 4) is 0 Å².